The summed E-state index contributed by atoms with van der Waals surface area (Å²) in [7, 11) is 0. The molecule has 1 heterocycles. The molecule has 6 heteroatoms. The zero-order chi connectivity index (χ0) is 15.8. The summed E-state index contributed by atoms with van der Waals surface area (Å²) in [5.41, 5.74) is 0.523. The maximum Gasteiger partial charge on any atom is 0.257 e. The average molecular weight is 322 g/mol. The van der Waals surface area contributed by atoms with Crippen LogP contribution in [0.25, 0.3) is 0 Å². The summed E-state index contributed by atoms with van der Waals surface area (Å²) in [5.74, 6) is 0.444. The Labute approximate surface area is 136 Å². The van der Waals surface area contributed by atoms with E-state index in [2.05, 4.69) is 10.6 Å². The van der Waals surface area contributed by atoms with Gasteiger partial charge in [-0.1, -0.05) is 13.0 Å². The highest BCUT2D eigenvalue weighted by Crippen LogP contribution is 2.13. The third kappa shape index (κ3) is 5.27. The molecule has 1 saturated heterocycles. The lowest BCUT2D eigenvalue weighted by Gasteiger charge is -2.13. The first-order valence-electron chi connectivity index (χ1n) is 7.62. The molecule has 1 unspecified atom stereocenters. The van der Waals surface area contributed by atoms with E-state index in [-0.39, 0.29) is 12.0 Å². The zero-order valence-corrected chi connectivity index (χ0v) is 13.6. The molecule has 0 radical (unpaired) electrons. The molecule has 0 aliphatic carbocycles. The van der Waals surface area contributed by atoms with Gasteiger partial charge in [-0.2, -0.15) is 0 Å². The zero-order valence-electron chi connectivity index (χ0n) is 12.8. The fourth-order valence-electron chi connectivity index (χ4n) is 2.18. The third-order valence-corrected chi connectivity index (χ3v) is 3.56. The van der Waals surface area contributed by atoms with E-state index in [9.17, 15) is 4.79 Å². The van der Waals surface area contributed by atoms with Gasteiger partial charge in [-0.15, -0.1) is 0 Å². The lowest BCUT2D eigenvalue weighted by atomic mass is 10.2. The molecule has 0 saturated carbocycles. The van der Waals surface area contributed by atoms with Crippen molar-refractivity contribution >= 4 is 23.2 Å². The molecule has 1 aromatic carbocycles. The summed E-state index contributed by atoms with van der Waals surface area (Å²) in [5, 5.41) is 6.01. The van der Waals surface area contributed by atoms with Crippen LogP contribution >= 0.6 is 12.2 Å². The number of benzene rings is 1. The number of ether oxygens (including phenoxy) is 2. The second-order valence-corrected chi connectivity index (χ2v) is 5.58. The number of nitrogens with one attached hydrogen (secondary N) is 2. The first-order valence-corrected chi connectivity index (χ1v) is 8.03. The van der Waals surface area contributed by atoms with Crippen LogP contribution in [0.3, 0.4) is 0 Å². The Kier molecular flexibility index (Phi) is 6.61. The standard InChI is InChI=1S/C16H22N2O3S/c1-2-8-20-13-6-3-5-12(10-13)15(19)18-16(22)17-11-14-7-4-9-21-14/h3,5-6,10,14H,2,4,7-9,11H2,1H3,(H2,17,18,19,22). The Morgan fingerprint density at radius 2 is 2.36 bits per heavy atom. The number of rotatable bonds is 6. The van der Waals surface area contributed by atoms with Crippen molar-refractivity contribution in [1.82, 2.24) is 10.6 Å². The van der Waals surface area contributed by atoms with Crippen LogP contribution in [-0.2, 0) is 4.74 Å². The molecule has 1 amide bonds. The summed E-state index contributed by atoms with van der Waals surface area (Å²) in [6.45, 7) is 4.09. The van der Waals surface area contributed by atoms with Crippen molar-refractivity contribution in [2.24, 2.45) is 0 Å². The molecule has 1 fully saturated rings. The molecule has 120 valence electrons. The Hall–Kier alpha value is -1.66. The minimum absolute atomic E-state index is 0.181. The number of hydrogen-bond acceptors (Lipinski definition) is 4. The van der Waals surface area contributed by atoms with Crippen LogP contribution in [0.2, 0.25) is 0 Å². The van der Waals surface area contributed by atoms with E-state index in [0.717, 1.165) is 25.9 Å². The topological polar surface area (TPSA) is 59.6 Å². The van der Waals surface area contributed by atoms with Crippen LogP contribution in [0.1, 0.15) is 36.5 Å². The van der Waals surface area contributed by atoms with Crippen LogP contribution in [-0.4, -0.2) is 36.9 Å². The molecule has 2 rings (SSSR count). The van der Waals surface area contributed by atoms with E-state index >= 15 is 0 Å². The van der Waals surface area contributed by atoms with E-state index in [1.807, 2.05) is 13.0 Å². The van der Waals surface area contributed by atoms with Crippen molar-refractivity contribution in [2.45, 2.75) is 32.3 Å². The van der Waals surface area contributed by atoms with Gasteiger partial charge in [0.1, 0.15) is 5.75 Å². The van der Waals surface area contributed by atoms with Gasteiger partial charge in [0, 0.05) is 18.7 Å². The smallest absolute Gasteiger partial charge is 0.257 e. The van der Waals surface area contributed by atoms with Gasteiger partial charge in [0.05, 0.1) is 12.7 Å². The van der Waals surface area contributed by atoms with E-state index in [0.29, 0.717) is 29.6 Å². The molecular formula is C16H22N2O3S. The second kappa shape index (κ2) is 8.70. The summed E-state index contributed by atoms with van der Waals surface area (Å²) < 4.78 is 11.0. The molecule has 1 atom stereocenters. The SMILES string of the molecule is CCCOc1cccc(C(=O)NC(=S)NCC2CCCO2)c1. The normalized spacial score (nSPS) is 17.0. The Balaban J connectivity index is 1.81. The number of amides is 1. The summed E-state index contributed by atoms with van der Waals surface area (Å²) in [6, 6.07) is 7.08. The van der Waals surface area contributed by atoms with Crippen molar-refractivity contribution in [3.8, 4) is 5.75 Å². The van der Waals surface area contributed by atoms with E-state index in [1.54, 1.807) is 18.2 Å². The van der Waals surface area contributed by atoms with Crippen molar-refractivity contribution in [3.63, 3.8) is 0 Å². The third-order valence-electron chi connectivity index (χ3n) is 3.31. The number of hydrogen-bond donors (Lipinski definition) is 2. The Morgan fingerprint density at radius 3 is 3.09 bits per heavy atom. The molecule has 22 heavy (non-hydrogen) atoms. The van der Waals surface area contributed by atoms with Gasteiger partial charge in [-0.25, -0.2) is 0 Å². The van der Waals surface area contributed by atoms with Crippen LogP contribution in [0.5, 0.6) is 5.75 Å². The van der Waals surface area contributed by atoms with Gasteiger partial charge in [-0.05, 0) is 49.7 Å². The molecule has 1 aliphatic rings. The quantitative estimate of drug-likeness (QED) is 0.787. The van der Waals surface area contributed by atoms with Crippen LogP contribution in [0.15, 0.2) is 24.3 Å². The maximum absolute atomic E-state index is 12.2. The minimum atomic E-state index is -0.244. The van der Waals surface area contributed by atoms with E-state index in [4.69, 9.17) is 21.7 Å². The second-order valence-electron chi connectivity index (χ2n) is 5.18. The van der Waals surface area contributed by atoms with Crippen molar-refractivity contribution in [3.05, 3.63) is 29.8 Å². The largest absolute Gasteiger partial charge is 0.494 e. The van der Waals surface area contributed by atoms with Crippen LogP contribution in [0, 0.1) is 0 Å². The maximum atomic E-state index is 12.2. The molecular weight excluding hydrogens is 300 g/mol. The van der Waals surface area contributed by atoms with Crippen LogP contribution < -0.4 is 15.4 Å². The predicted octanol–water partition coefficient (Wildman–Crippen LogP) is 2.26. The molecule has 5 nitrogen and oxygen atoms in total. The molecule has 0 aromatic heterocycles. The van der Waals surface area contributed by atoms with Crippen molar-refractivity contribution < 1.29 is 14.3 Å². The van der Waals surface area contributed by atoms with Gasteiger partial charge in [0.2, 0.25) is 0 Å². The van der Waals surface area contributed by atoms with Gasteiger partial charge < -0.3 is 14.8 Å². The van der Waals surface area contributed by atoms with Crippen molar-refractivity contribution in [1.29, 1.82) is 0 Å². The molecule has 1 aliphatic heterocycles. The first-order chi connectivity index (χ1) is 10.7. The van der Waals surface area contributed by atoms with Crippen molar-refractivity contribution in [2.75, 3.05) is 19.8 Å². The van der Waals surface area contributed by atoms with Gasteiger partial charge in [0.15, 0.2) is 5.11 Å². The number of thiocarbonyl (C=S) groups is 1. The molecule has 2 N–H and O–H groups in total. The monoisotopic (exact) mass is 322 g/mol. The van der Waals surface area contributed by atoms with Gasteiger partial charge in [-0.3, -0.25) is 10.1 Å². The molecule has 0 bridgehead atoms. The molecule has 0 spiro atoms. The Morgan fingerprint density at radius 1 is 1.50 bits per heavy atom. The lowest BCUT2D eigenvalue weighted by molar-refractivity contribution is 0.0972. The van der Waals surface area contributed by atoms with Gasteiger partial charge >= 0.3 is 0 Å². The highest BCUT2D eigenvalue weighted by atomic mass is 32.1. The average Bonchev–Trinajstić information content (AvgIpc) is 3.04. The highest BCUT2D eigenvalue weighted by molar-refractivity contribution is 7.80. The summed E-state index contributed by atoms with van der Waals surface area (Å²) in [6.07, 6.45) is 3.21. The summed E-state index contributed by atoms with van der Waals surface area (Å²) >= 11 is 5.14. The fraction of sp³-hybridized carbons (Fsp3) is 0.500. The minimum Gasteiger partial charge on any atom is -0.494 e. The van der Waals surface area contributed by atoms with E-state index < -0.39 is 0 Å². The predicted molar refractivity (Wildman–Crippen MR) is 89.3 cm³/mol. The summed E-state index contributed by atoms with van der Waals surface area (Å²) in [4.78, 5) is 12.2. The highest BCUT2D eigenvalue weighted by Gasteiger charge is 2.16. The van der Waals surface area contributed by atoms with Crippen LogP contribution in [0.4, 0.5) is 0 Å². The molecule has 1 aromatic rings. The lowest BCUT2D eigenvalue weighted by Crippen LogP contribution is -2.42. The van der Waals surface area contributed by atoms with Gasteiger partial charge in [0.25, 0.3) is 5.91 Å². The number of carbonyl (C=O) groups is 1. The first kappa shape index (κ1) is 16.7. The van der Waals surface area contributed by atoms with E-state index in [1.165, 1.54) is 0 Å². The number of carbonyl (C=O) groups excluding carboxylic acids is 1. The Bertz CT molecular complexity index is 516. The fourth-order valence-corrected chi connectivity index (χ4v) is 2.35.